The Morgan fingerprint density at radius 2 is 2.08 bits per heavy atom. The van der Waals surface area contributed by atoms with Crippen molar-refractivity contribution in [2.75, 3.05) is 39.1 Å². The zero-order chi connectivity index (χ0) is 16.9. The quantitative estimate of drug-likeness (QED) is 0.875. The van der Waals surface area contributed by atoms with Crippen LogP contribution in [0.15, 0.2) is 41.8 Å². The highest BCUT2D eigenvalue weighted by Gasteiger charge is 2.32. The van der Waals surface area contributed by atoms with E-state index >= 15 is 0 Å². The predicted octanol–water partition coefficient (Wildman–Crippen LogP) is 3.22. The predicted molar refractivity (Wildman–Crippen MR) is 98.1 cm³/mol. The first-order valence-corrected chi connectivity index (χ1v) is 8.94. The number of carbonyl (C=O) groups is 1. The third-order valence-electron chi connectivity index (χ3n) is 4.40. The Balaban J connectivity index is 1.53. The van der Waals surface area contributed by atoms with Gasteiger partial charge in [0.15, 0.2) is 0 Å². The number of hydrogen-bond donors (Lipinski definition) is 2. The lowest BCUT2D eigenvalue weighted by atomic mass is 9.94. The monoisotopic (exact) mass is 345 g/mol. The summed E-state index contributed by atoms with van der Waals surface area (Å²) in [5.41, 5.74) is 0.756. The molecule has 1 saturated heterocycles. The van der Waals surface area contributed by atoms with E-state index in [0.717, 1.165) is 24.5 Å². The van der Waals surface area contributed by atoms with Crippen LogP contribution in [-0.2, 0) is 0 Å². The van der Waals surface area contributed by atoms with Crippen molar-refractivity contribution in [3.05, 3.63) is 46.7 Å². The smallest absolute Gasteiger partial charge is 0.319 e. The van der Waals surface area contributed by atoms with Crippen LogP contribution < -0.4 is 15.4 Å². The van der Waals surface area contributed by atoms with Crippen LogP contribution in [-0.4, -0.2) is 44.7 Å². The van der Waals surface area contributed by atoms with Gasteiger partial charge in [-0.25, -0.2) is 4.79 Å². The summed E-state index contributed by atoms with van der Waals surface area (Å²) in [6.45, 7) is 2.73. The Labute approximate surface area is 146 Å². The Kier molecular flexibility index (Phi) is 5.37. The number of anilines is 1. The van der Waals surface area contributed by atoms with Crippen LogP contribution in [0.3, 0.4) is 0 Å². The molecule has 1 aliphatic rings. The van der Waals surface area contributed by atoms with Crippen LogP contribution in [0.25, 0.3) is 0 Å². The van der Waals surface area contributed by atoms with Crippen molar-refractivity contribution >= 4 is 23.1 Å². The molecule has 1 fully saturated rings. The van der Waals surface area contributed by atoms with Gasteiger partial charge in [0.25, 0.3) is 0 Å². The summed E-state index contributed by atoms with van der Waals surface area (Å²) < 4.78 is 5.11. The van der Waals surface area contributed by atoms with Gasteiger partial charge >= 0.3 is 6.03 Å². The molecule has 1 aromatic carbocycles. The fourth-order valence-corrected chi connectivity index (χ4v) is 4.10. The van der Waals surface area contributed by atoms with Crippen molar-refractivity contribution in [1.29, 1.82) is 0 Å². The topological polar surface area (TPSA) is 53.6 Å². The lowest BCUT2D eigenvalue weighted by molar-refractivity contribution is 0.249. The summed E-state index contributed by atoms with van der Waals surface area (Å²) >= 11 is 1.80. The Hall–Kier alpha value is -2.05. The van der Waals surface area contributed by atoms with Gasteiger partial charge in [-0.05, 0) is 48.7 Å². The molecule has 1 aromatic heterocycles. The fourth-order valence-electron chi connectivity index (χ4n) is 3.19. The molecule has 0 bridgehead atoms. The average Bonchev–Trinajstić information content (AvgIpc) is 3.23. The summed E-state index contributed by atoms with van der Waals surface area (Å²) in [6.07, 6.45) is 0. The lowest BCUT2D eigenvalue weighted by Gasteiger charge is -2.18. The number of amides is 2. The molecular formula is C18H23N3O2S. The van der Waals surface area contributed by atoms with E-state index in [9.17, 15) is 4.79 Å². The number of urea groups is 1. The maximum atomic E-state index is 12.1. The molecular weight excluding hydrogens is 322 g/mol. The standard InChI is InChI=1S/C18H23N3O2S/c1-21-11-13(16(12-21)17-4-3-9-24-17)10-19-18(22)20-14-5-7-15(23-2)8-6-14/h3-9,13,16H,10-12H2,1-2H3,(H2,19,20,22)/t13-,16-/m1/s1. The largest absolute Gasteiger partial charge is 0.497 e. The highest BCUT2D eigenvalue weighted by Crippen LogP contribution is 2.34. The number of ether oxygens (including phenoxy) is 1. The van der Waals surface area contributed by atoms with Crippen LogP contribution in [0.1, 0.15) is 10.8 Å². The number of nitrogens with one attached hydrogen (secondary N) is 2. The zero-order valence-electron chi connectivity index (χ0n) is 14.0. The third kappa shape index (κ3) is 4.07. The number of rotatable bonds is 5. The molecule has 0 radical (unpaired) electrons. The first-order chi connectivity index (χ1) is 11.7. The molecule has 24 heavy (non-hydrogen) atoms. The van der Waals surface area contributed by atoms with E-state index in [1.165, 1.54) is 4.88 Å². The number of carbonyl (C=O) groups excluding carboxylic acids is 1. The van der Waals surface area contributed by atoms with Crippen LogP contribution in [0.4, 0.5) is 10.5 Å². The highest BCUT2D eigenvalue weighted by atomic mass is 32.1. The molecule has 2 aromatic rings. The molecule has 1 aliphatic heterocycles. The number of thiophene rings is 1. The van der Waals surface area contributed by atoms with Gasteiger partial charge in [-0.3, -0.25) is 0 Å². The Bertz CT molecular complexity index is 657. The number of hydrogen-bond acceptors (Lipinski definition) is 4. The van der Waals surface area contributed by atoms with E-state index in [-0.39, 0.29) is 6.03 Å². The van der Waals surface area contributed by atoms with E-state index in [2.05, 4.69) is 40.1 Å². The van der Waals surface area contributed by atoms with E-state index in [0.29, 0.717) is 18.4 Å². The average molecular weight is 345 g/mol. The number of likely N-dealkylation sites (tertiary alicyclic amines) is 1. The van der Waals surface area contributed by atoms with Crippen molar-refractivity contribution in [3.63, 3.8) is 0 Å². The van der Waals surface area contributed by atoms with Gasteiger partial charge < -0.3 is 20.3 Å². The Morgan fingerprint density at radius 1 is 1.29 bits per heavy atom. The summed E-state index contributed by atoms with van der Waals surface area (Å²) in [5, 5.41) is 7.99. The Morgan fingerprint density at radius 3 is 2.75 bits per heavy atom. The molecule has 128 valence electrons. The third-order valence-corrected chi connectivity index (χ3v) is 5.41. The van der Waals surface area contributed by atoms with Crippen LogP contribution in [0.5, 0.6) is 5.75 Å². The number of methoxy groups -OCH3 is 1. The molecule has 2 heterocycles. The lowest BCUT2D eigenvalue weighted by Crippen LogP contribution is -2.35. The first kappa shape index (κ1) is 16.8. The second-order valence-electron chi connectivity index (χ2n) is 6.17. The minimum absolute atomic E-state index is 0.167. The first-order valence-electron chi connectivity index (χ1n) is 8.06. The second-order valence-corrected chi connectivity index (χ2v) is 7.15. The maximum Gasteiger partial charge on any atom is 0.319 e. The van der Waals surface area contributed by atoms with Crippen molar-refractivity contribution in [1.82, 2.24) is 10.2 Å². The summed E-state index contributed by atoms with van der Waals surface area (Å²) in [7, 11) is 3.76. The van der Waals surface area contributed by atoms with Crippen LogP contribution in [0.2, 0.25) is 0 Å². The van der Waals surface area contributed by atoms with Gasteiger partial charge in [0.1, 0.15) is 5.75 Å². The highest BCUT2D eigenvalue weighted by molar-refractivity contribution is 7.10. The van der Waals surface area contributed by atoms with Crippen molar-refractivity contribution in [2.24, 2.45) is 5.92 Å². The molecule has 0 spiro atoms. The molecule has 2 amide bonds. The van der Waals surface area contributed by atoms with E-state index in [4.69, 9.17) is 4.74 Å². The van der Waals surface area contributed by atoms with Crippen molar-refractivity contribution < 1.29 is 9.53 Å². The molecule has 5 nitrogen and oxygen atoms in total. The fraction of sp³-hybridized carbons (Fsp3) is 0.389. The molecule has 0 unspecified atom stereocenters. The van der Waals surface area contributed by atoms with Crippen molar-refractivity contribution in [2.45, 2.75) is 5.92 Å². The van der Waals surface area contributed by atoms with Gasteiger partial charge in [-0.1, -0.05) is 6.07 Å². The maximum absolute atomic E-state index is 12.1. The van der Waals surface area contributed by atoms with Gasteiger partial charge in [0.05, 0.1) is 7.11 Å². The minimum Gasteiger partial charge on any atom is -0.497 e. The minimum atomic E-state index is -0.167. The van der Waals surface area contributed by atoms with Gasteiger partial charge in [0.2, 0.25) is 0 Å². The summed E-state index contributed by atoms with van der Waals surface area (Å²) in [6, 6.07) is 11.4. The molecule has 2 N–H and O–H groups in total. The van der Waals surface area contributed by atoms with E-state index in [1.807, 2.05) is 24.3 Å². The van der Waals surface area contributed by atoms with E-state index < -0.39 is 0 Å². The number of likely N-dealkylation sites (N-methyl/N-ethyl adjacent to an activating group) is 1. The van der Waals surface area contributed by atoms with E-state index in [1.54, 1.807) is 18.4 Å². The van der Waals surface area contributed by atoms with Gasteiger partial charge in [-0.15, -0.1) is 11.3 Å². The number of nitrogens with zero attached hydrogens (tertiary/aromatic N) is 1. The van der Waals surface area contributed by atoms with Crippen molar-refractivity contribution in [3.8, 4) is 5.75 Å². The van der Waals surface area contributed by atoms with Crippen LogP contribution >= 0.6 is 11.3 Å². The van der Waals surface area contributed by atoms with Gasteiger partial charge in [0, 0.05) is 36.1 Å². The van der Waals surface area contributed by atoms with Gasteiger partial charge in [-0.2, -0.15) is 0 Å². The molecule has 2 atom stereocenters. The molecule has 0 aliphatic carbocycles. The summed E-state index contributed by atoms with van der Waals surface area (Å²) in [4.78, 5) is 15.9. The molecule has 3 rings (SSSR count). The summed E-state index contributed by atoms with van der Waals surface area (Å²) in [5.74, 6) is 1.71. The zero-order valence-corrected chi connectivity index (χ0v) is 14.8. The normalized spacial score (nSPS) is 20.8. The molecule has 6 heteroatoms. The van der Waals surface area contributed by atoms with Crippen LogP contribution in [0, 0.1) is 5.92 Å². The second kappa shape index (κ2) is 7.68. The molecule has 0 saturated carbocycles. The number of benzene rings is 1. The SMILES string of the molecule is COc1ccc(NC(=O)NC[C@@H]2CN(C)C[C@H]2c2cccs2)cc1.